The molecule has 1 unspecified atom stereocenters. The Morgan fingerprint density at radius 1 is 0.929 bits per heavy atom. The summed E-state index contributed by atoms with van der Waals surface area (Å²) < 4.78 is 5.90. The zero-order valence-electron chi connectivity index (χ0n) is 14.7. The Balaban J connectivity index is 1.76. The molecule has 0 bridgehead atoms. The SMILES string of the molecule is O=C1CCCC2=C1C(c1ccc(Cl)nc1)C1=C(O2)C(=O)c2ccccc2C1=O. The van der Waals surface area contributed by atoms with Gasteiger partial charge in [-0.05, 0) is 18.1 Å². The van der Waals surface area contributed by atoms with Crippen LogP contribution >= 0.6 is 11.6 Å². The Morgan fingerprint density at radius 3 is 2.39 bits per heavy atom. The van der Waals surface area contributed by atoms with Crippen LogP contribution in [0.3, 0.4) is 0 Å². The van der Waals surface area contributed by atoms with E-state index in [0.29, 0.717) is 52.4 Å². The van der Waals surface area contributed by atoms with Crippen LogP contribution in [0, 0.1) is 0 Å². The van der Waals surface area contributed by atoms with Gasteiger partial charge in [0.1, 0.15) is 10.9 Å². The van der Waals surface area contributed by atoms with Gasteiger partial charge in [0.15, 0.2) is 17.3 Å². The summed E-state index contributed by atoms with van der Waals surface area (Å²) in [7, 11) is 0. The standard InChI is InChI=1S/C22H14ClNO4/c23-16-9-8-11(10-24-16)17-18-14(25)6-3-7-15(18)28-22-19(17)20(26)12-4-1-2-5-13(12)21(22)27/h1-2,4-5,8-10,17H,3,6-7H2. The Bertz CT molecular complexity index is 1130. The Hall–Kier alpha value is -3.05. The highest BCUT2D eigenvalue weighted by molar-refractivity contribution is 6.29. The minimum Gasteiger partial charge on any atom is -0.457 e. The molecule has 3 aliphatic rings. The molecule has 1 aromatic heterocycles. The third kappa shape index (κ3) is 2.39. The second kappa shape index (κ2) is 6.24. The molecular formula is C22H14ClNO4. The van der Waals surface area contributed by atoms with Crippen LogP contribution in [0.15, 0.2) is 65.3 Å². The second-order valence-corrected chi connectivity index (χ2v) is 7.40. The molecule has 0 saturated carbocycles. The van der Waals surface area contributed by atoms with Crippen LogP contribution in [0.4, 0.5) is 0 Å². The predicted molar refractivity (Wildman–Crippen MR) is 101 cm³/mol. The zero-order chi connectivity index (χ0) is 19.4. The first-order valence-corrected chi connectivity index (χ1v) is 9.42. The molecule has 28 heavy (non-hydrogen) atoms. The molecule has 0 saturated heterocycles. The van der Waals surface area contributed by atoms with E-state index in [1.807, 2.05) is 0 Å². The van der Waals surface area contributed by atoms with E-state index in [1.54, 1.807) is 42.6 Å². The van der Waals surface area contributed by atoms with Crippen molar-refractivity contribution < 1.29 is 19.1 Å². The molecule has 1 atom stereocenters. The van der Waals surface area contributed by atoms with Gasteiger partial charge < -0.3 is 4.74 Å². The number of pyridine rings is 1. The Kier molecular flexibility index (Phi) is 3.81. The van der Waals surface area contributed by atoms with Crippen LogP contribution in [0.2, 0.25) is 5.15 Å². The molecule has 0 spiro atoms. The molecule has 6 heteroatoms. The number of carbonyl (C=O) groups excluding carboxylic acids is 3. The fraction of sp³-hybridized carbons (Fsp3) is 0.182. The number of Topliss-reactive ketones (excluding diaryl/α,β-unsaturated/α-hetero) is 3. The van der Waals surface area contributed by atoms with Crippen molar-refractivity contribution in [2.75, 3.05) is 0 Å². The molecule has 0 radical (unpaired) electrons. The van der Waals surface area contributed by atoms with Gasteiger partial charge in [0, 0.05) is 35.7 Å². The molecule has 2 aliphatic carbocycles. The first-order valence-electron chi connectivity index (χ1n) is 9.04. The first-order chi connectivity index (χ1) is 13.6. The maximum Gasteiger partial charge on any atom is 0.229 e. The third-order valence-electron chi connectivity index (χ3n) is 5.41. The van der Waals surface area contributed by atoms with E-state index in [1.165, 1.54) is 0 Å². The number of allylic oxidation sites excluding steroid dienone is 4. The molecular weight excluding hydrogens is 378 g/mol. The highest BCUT2D eigenvalue weighted by Gasteiger charge is 2.46. The van der Waals surface area contributed by atoms with Crippen LogP contribution in [0.1, 0.15) is 51.5 Å². The monoisotopic (exact) mass is 391 g/mol. The molecule has 2 aromatic rings. The first kappa shape index (κ1) is 17.1. The van der Waals surface area contributed by atoms with Crippen molar-refractivity contribution in [3.05, 3.63) is 87.1 Å². The lowest BCUT2D eigenvalue weighted by molar-refractivity contribution is -0.116. The van der Waals surface area contributed by atoms with Crippen molar-refractivity contribution in [2.24, 2.45) is 0 Å². The normalized spacial score (nSPS) is 21.2. The third-order valence-corrected chi connectivity index (χ3v) is 5.63. The van der Waals surface area contributed by atoms with Gasteiger partial charge in [-0.25, -0.2) is 4.98 Å². The molecule has 5 rings (SSSR count). The maximum atomic E-state index is 13.4. The number of ketones is 3. The molecule has 0 fully saturated rings. The van der Waals surface area contributed by atoms with Gasteiger partial charge in [-0.15, -0.1) is 0 Å². The number of fused-ring (bicyclic) bond motifs is 1. The lowest BCUT2D eigenvalue weighted by Crippen LogP contribution is -2.34. The molecule has 138 valence electrons. The number of benzene rings is 1. The van der Waals surface area contributed by atoms with Crippen LogP contribution in [0.5, 0.6) is 0 Å². The number of rotatable bonds is 1. The van der Waals surface area contributed by atoms with Crippen molar-refractivity contribution in [2.45, 2.75) is 25.2 Å². The largest absolute Gasteiger partial charge is 0.457 e. The number of hydrogen-bond donors (Lipinski definition) is 0. The van der Waals surface area contributed by atoms with Crippen LogP contribution in [-0.2, 0) is 9.53 Å². The highest BCUT2D eigenvalue weighted by atomic mass is 35.5. The van der Waals surface area contributed by atoms with Crippen molar-refractivity contribution in [1.29, 1.82) is 0 Å². The minimum absolute atomic E-state index is 0.0251. The topological polar surface area (TPSA) is 73.3 Å². The van der Waals surface area contributed by atoms with Gasteiger partial charge in [0.25, 0.3) is 0 Å². The number of carbonyl (C=O) groups is 3. The van der Waals surface area contributed by atoms with Gasteiger partial charge in [0.2, 0.25) is 5.78 Å². The van der Waals surface area contributed by atoms with E-state index in [4.69, 9.17) is 16.3 Å². The number of aromatic nitrogens is 1. The number of hydrogen-bond acceptors (Lipinski definition) is 5. The zero-order valence-corrected chi connectivity index (χ0v) is 15.5. The fourth-order valence-electron chi connectivity index (χ4n) is 4.16. The van der Waals surface area contributed by atoms with E-state index in [9.17, 15) is 14.4 Å². The van der Waals surface area contributed by atoms with E-state index in [-0.39, 0.29) is 28.7 Å². The molecule has 1 aliphatic heterocycles. The maximum absolute atomic E-state index is 13.4. The van der Waals surface area contributed by atoms with Gasteiger partial charge in [-0.1, -0.05) is 41.9 Å². The predicted octanol–water partition coefficient (Wildman–Crippen LogP) is 4.19. The van der Waals surface area contributed by atoms with Gasteiger partial charge >= 0.3 is 0 Å². The van der Waals surface area contributed by atoms with E-state index in [0.717, 1.165) is 0 Å². The molecule has 1 aromatic carbocycles. The summed E-state index contributed by atoms with van der Waals surface area (Å²) in [6.45, 7) is 0. The van der Waals surface area contributed by atoms with Crippen LogP contribution in [0.25, 0.3) is 0 Å². The Labute approximate surface area is 165 Å². The number of nitrogens with zero attached hydrogens (tertiary/aromatic N) is 1. The van der Waals surface area contributed by atoms with Gasteiger partial charge in [0.05, 0.1) is 11.5 Å². The van der Waals surface area contributed by atoms with Crippen molar-refractivity contribution in [3.8, 4) is 0 Å². The van der Waals surface area contributed by atoms with Gasteiger partial charge in [-0.2, -0.15) is 0 Å². The fourth-order valence-corrected chi connectivity index (χ4v) is 4.27. The molecule has 5 nitrogen and oxygen atoms in total. The average molecular weight is 392 g/mol. The highest BCUT2D eigenvalue weighted by Crippen LogP contribution is 2.47. The van der Waals surface area contributed by atoms with Gasteiger partial charge in [-0.3, -0.25) is 14.4 Å². The summed E-state index contributed by atoms with van der Waals surface area (Å²) in [6, 6.07) is 10.0. The summed E-state index contributed by atoms with van der Waals surface area (Å²) in [5, 5.41) is 0.311. The van der Waals surface area contributed by atoms with E-state index < -0.39 is 5.92 Å². The number of ether oxygens (including phenoxy) is 1. The summed E-state index contributed by atoms with van der Waals surface area (Å²) in [6.07, 6.45) is 3.15. The van der Waals surface area contributed by atoms with Crippen LogP contribution in [-0.4, -0.2) is 22.3 Å². The molecule has 0 amide bonds. The van der Waals surface area contributed by atoms with Crippen molar-refractivity contribution >= 4 is 29.0 Å². The summed E-state index contributed by atoms with van der Waals surface area (Å²) in [5.41, 5.74) is 1.96. The van der Waals surface area contributed by atoms with E-state index >= 15 is 0 Å². The minimum atomic E-state index is -0.680. The Morgan fingerprint density at radius 2 is 1.68 bits per heavy atom. The second-order valence-electron chi connectivity index (χ2n) is 7.01. The summed E-state index contributed by atoms with van der Waals surface area (Å²) in [4.78, 5) is 43.4. The lowest BCUT2D eigenvalue weighted by Gasteiger charge is -2.35. The van der Waals surface area contributed by atoms with E-state index in [2.05, 4.69) is 4.98 Å². The van der Waals surface area contributed by atoms with Crippen molar-refractivity contribution in [3.63, 3.8) is 0 Å². The van der Waals surface area contributed by atoms with Crippen LogP contribution < -0.4 is 0 Å². The smallest absolute Gasteiger partial charge is 0.229 e. The summed E-state index contributed by atoms with van der Waals surface area (Å²) in [5.74, 6) is -0.864. The number of halogens is 1. The molecule has 2 heterocycles. The molecule has 0 N–H and O–H groups in total. The van der Waals surface area contributed by atoms with Crippen molar-refractivity contribution in [1.82, 2.24) is 4.98 Å². The quantitative estimate of drug-likeness (QED) is 0.681. The average Bonchev–Trinajstić information content (AvgIpc) is 2.71. The lowest BCUT2D eigenvalue weighted by atomic mass is 9.72. The summed E-state index contributed by atoms with van der Waals surface area (Å²) >= 11 is 5.93.